The van der Waals surface area contributed by atoms with E-state index in [1.165, 1.54) is 205 Å². The summed E-state index contributed by atoms with van der Waals surface area (Å²) in [5, 5.41) is 0. The smallest absolute Gasteiger partial charge is 0.306 e. The fourth-order valence-electron chi connectivity index (χ4n) is 9.52. The molecule has 1 atom stereocenters. The van der Waals surface area contributed by atoms with Crippen LogP contribution in [0.4, 0.5) is 0 Å². The van der Waals surface area contributed by atoms with E-state index in [-0.39, 0.29) is 31.1 Å². The SMILES string of the molecule is CC/C=C\C/C=C\C/C=C\CCCCCC(=O)OC(COC(=O)CCCCCCC/C=C\CCC)COC(=O)CCCCCCCCCCCCCCCCCCCCCCCCCCCCCCCCCC. The van der Waals surface area contributed by atoms with Gasteiger partial charge in [0.1, 0.15) is 13.2 Å². The number of carbonyl (C=O) groups is 3. The van der Waals surface area contributed by atoms with Gasteiger partial charge in [-0.05, 0) is 70.6 Å². The Morgan fingerprint density at radius 3 is 0.918 bits per heavy atom. The van der Waals surface area contributed by atoms with Crippen molar-refractivity contribution in [1.29, 1.82) is 0 Å². The van der Waals surface area contributed by atoms with Crippen LogP contribution in [0.15, 0.2) is 48.6 Å². The second-order valence-electron chi connectivity index (χ2n) is 21.6. The second-order valence-corrected chi connectivity index (χ2v) is 21.6. The maximum absolute atomic E-state index is 12.8. The van der Waals surface area contributed by atoms with Crippen LogP contribution in [0.2, 0.25) is 0 Å². The lowest BCUT2D eigenvalue weighted by atomic mass is 10.0. The monoisotopic (exact) mass is 1020 g/mol. The Balaban J connectivity index is 4.02. The molecule has 1 unspecified atom stereocenters. The normalized spacial score (nSPS) is 12.3. The minimum atomic E-state index is -0.789. The molecule has 0 aliphatic heterocycles. The van der Waals surface area contributed by atoms with Crippen molar-refractivity contribution < 1.29 is 28.6 Å². The summed E-state index contributed by atoms with van der Waals surface area (Å²) >= 11 is 0. The molecular formula is C67H122O6. The van der Waals surface area contributed by atoms with Crippen LogP contribution in [0.3, 0.4) is 0 Å². The van der Waals surface area contributed by atoms with Gasteiger partial charge in [0, 0.05) is 19.3 Å². The van der Waals surface area contributed by atoms with Crippen LogP contribution in [-0.4, -0.2) is 37.2 Å². The third-order valence-corrected chi connectivity index (χ3v) is 14.3. The molecule has 0 bridgehead atoms. The molecule has 0 aliphatic rings. The van der Waals surface area contributed by atoms with E-state index < -0.39 is 6.10 Å². The van der Waals surface area contributed by atoms with Gasteiger partial charge in [0.05, 0.1) is 0 Å². The fourth-order valence-corrected chi connectivity index (χ4v) is 9.52. The number of unbranched alkanes of at least 4 members (excludes halogenated alkanes) is 40. The molecule has 6 heteroatoms. The Bertz CT molecular complexity index is 1270. The average molecular weight is 1020 g/mol. The molecule has 0 radical (unpaired) electrons. The predicted molar refractivity (Wildman–Crippen MR) is 316 cm³/mol. The van der Waals surface area contributed by atoms with Crippen molar-refractivity contribution >= 4 is 17.9 Å². The van der Waals surface area contributed by atoms with E-state index in [4.69, 9.17) is 14.2 Å². The number of allylic oxidation sites excluding steroid dienone is 8. The molecule has 0 aromatic heterocycles. The lowest BCUT2D eigenvalue weighted by Gasteiger charge is -2.18. The largest absolute Gasteiger partial charge is 0.462 e. The fraction of sp³-hybridized carbons (Fsp3) is 0.836. The van der Waals surface area contributed by atoms with Crippen LogP contribution in [-0.2, 0) is 28.6 Å². The zero-order chi connectivity index (χ0) is 52.9. The summed E-state index contributed by atoms with van der Waals surface area (Å²) in [6.45, 7) is 6.47. The van der Waals surface area contributed by atoms with E-state index in [2.05, 4.69) is 69.4 Å². The van der Waals surface area contributed by atoms with Gasteiger partial charge < -0.3 is 14.2 Å². The van der Waals surface area contributed by atoms with Crippen molar-refractivity contribution in [2.75, 3.05) is 13.2 Å². The first kappa shape index (κ1) is 70.4. The molecule has 0 saturated heterocycles. The van der Waals surface area contributed by atoms with Gasteiger partial charge >= 0.3 is 17.9 Å². The third kappa shape index (κ3) is 60.1. The summed E-state index contributed by atoms with van der Waals surface area (Å²) in [5.74, 6) is -0.912. The van der Waals surface area contributed by atoms with Gasteiger partial charge in [-0.15, -0.1) is 0 Å². The molecule has 0 N–H and O–H groups in total. The van der Waals surface area contributed by atoms with Gasteiger partial charge in [0.2, 0.25) is 0 Å². The maximum Gasteiger partial charge on any atom is 0.306 e. The summed E-state index contributed by atoms with van der Waals surface area (Å²) < 4.78 is 16.8. The third-order valence-electron chi connectivity index (χ3n) is 14.3. The Morgan fingerprint density at radius 1 is 0.288 bits per heavy atom. The second kappa shape index (κ2) is 61.9. The zero-order valence-corrected chi connectivity index (χ0v) is 48.9. The van der Waals surface area contributed by atoms with Gasteiger partial charge in [-0.25, -0.2) is 0 Å². The molecular weight excluding hydrogens is 901 g/mol. The van der Waals surface area contributed by atoms with Crippen molar-refractivity contribution in [1.82, 2.24) is 0 Å². The van der Waals surface area contributed by atoms with Crippen LogP contribution in [0.5, 0.6) is 0 Å². The highest BCUT2D eigenvalue weighted by Gasteiger charge is 2.19. The van der Waals surface area contributed by atoms with Crippen molar-refractivity contribution in [2.45, 2.75) is 348 Å². The Labute approximate surface area is 454 Å². The van der Waals surface area contributed by atoms with E-state index >= 15 is 0 Å². The summed E-state index contributed by atoms with van der Waals surface area (Å²) in [4.78, 5) is 38.1. The highest BCUT2D eigenvalue weighted by Crippen LogP contribution is 2.18. The van der Waals surface area contributed by atoms with E-state index in [0.29, 0.717) is 19.3 Å². The minimum Gasteiger partial charge on any atom is -0.462 e. The number of carbonyl (C=O) groups excluding carboxylic acids is 3. The maximum atomic E-state index is 12.8. The van der Waals surface area contributed by atoms with Crippen LogP contribution >= 0.6 is 0 Å². The summed E-state index contributed by atoms with van der Waals surface area (Å²) in [5.41, 5.74) is 0. The summed E-state index contributed by atoms with van der Waals surface area (Å²) in [6, 6.07) is 0. The van der Waals surface area contributed by atoms with Crippen LogP contribution < -0.4 is 0 Å². The van der Waals surface area contributed by atoms with Crippen molar-refractivity contribution in [3.63, 3.8) is 0 Å². The first-order valence-electron chi connectivity index (χ1n) is 32.1. The highest BCUT2D eigenvalue weighted by atomic mass is 16.6. The Morgan fingerprint density at radius 2 is 0.562 bits per heavy atom. The number of rotatable bonds is 59. The van der Waals surface area contributed by atoms with Crippen molar-refractivity contribution in [2.24, 2.45) is 0 Å². The number of esters is 3. The van der Waals surface area contributed by atoms with E-state index in [9.17, 15) is 14.4 Å². The number of hydrogen-bond acceptors (Lipinski definition) is 6. The Kier molecular flexibility index (Phi) is 59.7. The van der Waals surface area contributed by atoms with E-state index in [1.54, 1.807) is 0 Å². The van der Waals surface area contributed by atoms with E-state index in [0.717, 1.165) is 96.3 Å². The van der Waals surface area contributed by atoms with Crippen LogP contribution in [0, 0.1) is 0 Å². The molecule has 0 aromatic carbocycles. The van der Waals surface area contributed by atoms with Crippen LogP contribution in [0.1, 0.15) is 342 Å². The van der Waals surface area contributed by atoms with Gasteiger partial charge in [-0.3, -0.25) is 14.4 Å². The lowest BCUT2D eigenvalue weighted by Crippen LogP contribution is -2.30. The zero-order valence-electron chi connectivity index (χ0n) is 48.9. The molecule has 73 heavy (non-hydrogen) atoms. The van der Waals surface area contributed by atoms with E-state index in [1.807, 2.05) is 0 Å². The molecule has 0 aliphatic carbocycles. The van der Waals surface area contributed by atoms with Gasteiger partial charge in [0.15, 0.2) is 6.10 Å². The molecule has 0 amide bonds. The van der Waals surface area contributed by atoms with Crippen molar-refractivity contribution in [3.8, 4) is 0 Å². The first-order valence-corrected chi connectivity index (χ1v) is 32.1. The molecule has 6 nitrogen and oxygen atoms in total. The molecule has 426 valence electrons. The minimum absolute atomic E-state index is 0.0850. The Hall–Kier alpha value is -2.63. The van der Waals surface area contributed by atoms with Gasteiger partial charge in [-0.2, -0.15) is 0 Å². The topological polar surface area (TPSA) is 78.9 Å². The van der Waals surface area contributed by atoms with Gasteiger partial charge in [-0.1, -0.05) is 301 Å². The number of ether oxygens (including phenoxy) is 3. The molecule has 0 fully saturated rings. The van der Waals surface area contributed by atoms with Gasteiger partial charge in [0.25, 0.3) is 0 Å². The molecule has 0 spiro atoms. The molecule has 0 rings (SSSR count). The molecule has 0 saturated carbocycles. The standard InChI is InChI=1S/C67H122O6/c1-4-7-10-13-16-19-22-24-25-26-27-28-29-30-31-32-33-34-35-36-37-38-39-40-41-42-44-45-48-51-54-57-60-66(69)72-63-64(62-71-65(68)59-56-53-50-47-21-18-15-12-9-6-3)73-67(70)61-58-55-52-49-46-43-23-20-17-14-11-8-5-2/h8,11-12,15,17,20,43,46,64H,4-7,9-10,13-14,16,18-19,21-42,44-45,47-63H2,1-3H3/b11-8-,15-12-,20-17-,46-43-. The van der Waals surface area contributed by atoms with Crippen molar-refractivity contribution in [3.05, 3.63) is 48.6 Å². The molecule has 0 heterocycles. The first-order chi connectivity index (χ1) is 36.0. The van der Waals surface area contributed by atoms with Crippen LogP contribution in [0.25, 0.3) is 0 Å². The summed E-state index contributed by atoms with van der Waals surface area (Å²) in [7, 11) is 0. The summed E-state index contributed by atoms with van der Waals surface area (Å²) in [6.07, 6.45) is 77.4. The quantitative estimate of drug-likeness (QED) is 0.0261. The number of hydrogen-bond donors (Lipinski definition) is 0. The predicted octanol–water partition coefficient (Wildman–Crippen LogP) is 21.8. The lowest BCUT2D eigenvalue weighted by molar-refractivity contribution is -0.167. The molecule has 0 aromatic rings. The highest BCUT2D eigenvalue weighted by molar-refractivity contribution is 5.71. The average Bonchev–Trinajstić information content (AvgIpc) is 3.39.